The molecule has 0 atom stereocenters. The molecule has 0 fully saturated rings. The number of aromatic nitrogens is 1. The van der Waals surface area contributed by atoms with Gasteiger partial charge in [-0.05, 0) is 41.8 Å². The number of hydrogen-bond donors (Lipinski definition) is 0. The van der Waals surface area contributed by atoms with Crippen molar-refractivity contribution in [3.8, 4) is 0 Å². The highest BCUT2D eigenvalue weighted by molar-refractivity contribution is 7.77. The summed E-state index contributed by atoms with van der Waals surface area (Å²) >= 11 is 0. The second-order valence-electron chi connectivity index (χ2n) is 5.47. The zero-order valence-electron chi connectivity index (χ0n) is 12.5. The highest BCUT2D eigenvalue weighted by atomic mass is 31.2. The number of hydrogen-bond acceptors (Lipinski definition) is 1. The van der Waals surface area contributed by atoms with Crippen molar-refractivity contribution in [3.05, 3.63) is 97.2 Å². The molecule has 0 saturated carbocycles. The summed E-state index contributed by atoms with van der Waals surface area (Å²) in [5.74, 6) is 0. The fourth-order valence-electron chi connectivity index (χ4n) is 2.97. The number of para-hydroxylation sites is 1. The molecular weight excluding hydrogens is 301 g/mol. The minimum Gasteiger partial charge on any atom is -0.291 e. The van der Waals surface area contributed by atoms with Crippen LogP contribution in [0.25, 0.3) is 10.9 Å². The summed E-state index contributed by atoms with van der Waals surface area (Å²) in [5.41, 5.74) is 0.989. The van der Waals surface area contributed by atoms with Gasteiger partial charge in [0.2, 0.25) is 7.29 Å². The van der Waals surface area contributed by atoms with E-state index < -0.39 is 7.29 Å². The summed E-state index contributed by atoms with van der Waals surface area (Å²) in [6.45, 7) is 0. The van der Waals surface area contributed by atoms with E-state index in [9.17, 15) is 4.57 Å². The van der Waals surface area contributed by atoms with E-state index in [-0.39, 0.29) is 0 Å². The van der Waals surface area contributed by atoms with Crippen LogP contribution in [0.15, 0.2) is 97.2 Å². The predicted molar refractivity (Wildman–Crippen MR) is 97.1 cm³/mol. The molecule has 0 unspecified atom stereocenters. The standard InChI is InChI=1S/C20H16NOP/c22-23(18-10-3-1-4-11-18,19-12-5-2-6-13-19)21-16-15-17-9-7-8-14-20(17)21/h1-16H. The highest BCUT2D eigenvalue weighted by Gasteiger charge is 2.30. The molecule has 23 heavy (non-hydrogen) atoms. The van der Waals surface area contributed by atoms with Gasteiger partial charge in [0.25, 0.3) is 0 Å². The Morgan fingerprint density at radius 1 is 0.609 bits per heavy atom. The molecule has 0 aliphatic rings. The molecule has 0 saturated heterocycles. The summed E-state index contributed by atoms with van der Waals surface area (Å²) in [4.78, 5) is 0. The molecule has 4 rings (SSSR count). The third-order valence-electron chi connectivity index (χ3n) is 4.09. The Bertz CT molecular complexity index is 946. The molecule has 0 spiro atoms. The minimum absolute atomic E-state index is 0.840. The maximum Gasteiger partial charge on any atom is 0.233 e. The molecule has 0 N–H and O–H groups in total. The summed E-state index contributed by atoms with van der Waals surface area (Å²) < 4.78 is 16.2. The zero-order valence-corrected chi connectivity index (χ0v) is 13.4. The van der Waals surface area contributed by atoms with Crippen LogP contribution in [-0.4, -0.2) is 4.34 Å². The van der Waals surface area contributed by atoms with Gasteiger partial charge in [0.1, 0.15) is 0 Å². The van der Waals surface area contributed by atoms with Crippen LogP contribution >= 0.6 is 7.29 Å². The summed E-state index contributed by atoms with van der Waals surface area (Å²) in [7, 11) is -2.96. The van der Waals surface area contributed by atoms with Gasteiger partial charge in [-0.2, -0.15) is 0 Å². The topological polar surface area (TPSA) is 22.0 Å². The smallest absolute Gasteiger partial charge is 0.233 e. The van der Waals surface area contributed by atoms with E-state index in [0.29, 0.717) is 0 Å². The SMILES string of the molecule is O=P(c1ccccc1)(c1ccccc1)n1ccc2ccccc21. The molecule has 0 aliphatic carbocycles. The molecule has 0 radical (unpaired) electrons. The fourth-order valence-corrected chi connectivity index (χ4v) is 5.66. The van der Waals surface area contributed by atoms with Crippen LogP contribution in [0.5, 0.6) is 0 Å². The van der Waals surface area contributed by atoms with Gasteiger partial charge >= 0.3 is 0 Å². The van der Waals surface area contributed by atoms with Crippen molar-refractivity contribution < 1.29 is 4.57 Å². The zero-order chi connectivity index (χ0) is 15.7. The predicted octanol–water partition coefficient (Wildman–Crippen LogP) is 4.42. The van der Waals surface area contributed by atoms with E-state index in [4.69, 9.17) is 0 Å². The van der Waals surface area contributed by atoms with Gasteiger partial charge in [0.05, 0.1) is 5.52 Å². The Labute approximate surface area is 135 Å². The summed E-state index contributed by atoms with van der Waals surface area (Å²) in [6.07, 6.45) is 1.94. The Hall–Kier alpha value is -2.57. The van der Waals surface area contributed by atoms with E-state index in [1.54, 1.807) is 0 Å². The lowest BCUT2D eigenvalue weighted by Crippen LogP contribution is -2.20. The van der Waals surface area contributed by atoms with Crippen molar-refractivity contribution in [3.63, 3.8) is 0 Å². The molecule has 3 heteroatoms. The lowest BCUT2D eigenvalue weighted by atomic mass is 10.3. The van der Waals surface area contributed by atoms with E-state index in [1.807, 2.05) is 102 Å². The van der Waals surface area contributed by atoms with Crippen LogP contribution in [0.2, 0.25) is 0 Å². The largest absolute Gasteiger partial charge is 0.291 e. The van der Waals surface area contributed by atoms with Gasteiger partial charge in [-0.1, -0.05) is 54.6 Å². The first-order valence-electron chi connectivity index (χ1n) is 7.58. The van der Waals surface area contributed by atoms with Crippen molar-refractivity contribution in [1.82, 2.24) is 4.34 Å². The normalized spacial score (nSPS) is 11.7. The number of nitrogens with zero attached hydrogens (tertiary/aromatic N) is 1. The molecule has 4 aromatic rings. The van der Waals surface area contributed by atoms with Gasteiger partial charge in [0.15, 0.2) is 0 Å². The average Bonchev–Trinajstić information content (AvgIpc) is 3.07. The molecule has 112 valence electrons. The van der Waals surface area contributed by atoms with Crippen LogP contribution in [0, 0.1) is 0 Å². The monoisotopic (exact) mass is 317 g/mol. The van der Waals surface area contributed by atoms with Crippen LogP contribution < -0.4 is 10.6 Å². The Morgan fingerprint density at radius 3 is 1.74 bits per heavy atom. The molecule has 2 nitrogen and oxygen atoms in total. The molecule has 0 aliphatic heterocycles. The summed E-state index contributed by atoms with van der Waals surface area (Å²) in [6, 6.07) is 29.5. The van der Waals surface area contributed by atoms with Crippen molar-refractivity contribution >= 4 is 28.8 Å². The van der Waals surface area contributed by atoms with Crippen molar-refractivity contribution in [2.75, 3.05) is 0 Å². The van der Waals surface area contributed by atoms with E-state index in [1.165, 1.54) is 0 Å². The minimum atomic E-state index is -2.96. The van der Waals surface area contributed by atoms with Crippen molar-refractivity contribution in [1.29, 1.82) is 0 Å². The van der Waals surface area contributed by atoms with Gasteiger partial charge < -0.3 is 0 Å². The van der Waals surface area contributed by atoms with Gasteiger partial charge in [-0.25, -0.2) is 0 Å². The average molecular weight is 317 g/mol. The lowest BCUT2D eigenvalue weighted by molar-refractivity contribution is 0.582. The number of fused-ring (bicyclic) bond motifs is 1. The third-order valence-corrected chi connectivity index (χ3v) is 7.05. The maximum atomic E-state index is 14.3. The first-order valence-corrected chi connectivity index (χ1v) is 9.24. The lowest BCUT2D eigenvalue weighted by Gasteiger charge is -2.22. The first kappa shape index (κ1) is 14.0. The molecule has 0 bridgehead atoms. The molecule has 0 amide bonds. The second-order valence-corrected chi connectivity index (χ2v) is 8.08. The van der Waals surface area contributed by atoms with Crippen LogP contribution in [0.4, 0.5) is 0 Å². The van der Waals surface area contributed by atoms with Crippen LogP contribution in [-0.2, 0) is 4.57 Å². The molecular formula is C20H16NOP. The van der Waals surface area contributed by atoms with Crippen LogP contribution in [0.1, 0.15) is 0 Å². The van der Waals surface area contributed by atoms with Crippen molar-refractivity contribution in [2.24, 2.45) is 0 Å². The maximum absolute atomic E-state index is 14.3. The van der Waals surface area contributed by atoms with Crippen LogP contribution in [0.3, 0.4) is 0 Å². The molecule has 3 aromatic carbocycles. The highest BCUT2D eigenvalue weighted by Crippen LogP contribution is 2.47. The van der Waals surface area contributed by atoms with Gasteiger partial charge in [-0.3, -0.25) is 8.90 Å². The number of benzene rings is 3. The third kappa shape index (κ3) is 2.23. The molecule has 1 aromatic heterocycles. The van der Waals surface area contributed by atoms with Gasteiger partial charge in [0, 0.05) is 16.8 Å². The Kier molecular flexibility index (Phi) is 3.40. The van der Waals surface area contributed by atoms with E-state index in [0.717, 1.165) is 21.5 Å². The van der Waals surface area contributed by atoms with Crippen molar-refractivity contribution in [2.45, 2.75) is 0 Å². The Morgan fingerprint density at radius 2 is 1.13 bits per heavy atom. The first-order chi connectivity index (χ1) is 11.3. The summed E-state index contributed by atoms with van der Waals surface area (Å²) in [5, 5.41) is 2.78. The van der Waals surface area contributed by atoms with E-state index >= 15 is 0 Å². The van der Waals surface area contributed by atoms with Gasteiger partial charge in [-0.15, -0.1) is 0 Å². The fraction of sp³-hybridized carbons (Fsp3) is 0. The molecule has 1 heterocycles. The number of rotatable bonds is 3. The van der Waals surface area contributed by atoms with E-state index in [2.05, 4.69) is 0 Å². The second kappa shape index (κ2) is 5.57. The quantitative estimate of drug-likeness (QED) is 0.513. The Balaban J connectivity index is 2.06.